The average Bonchev–Trinajstić information content (AvgIpc) is 3.34. The van der Waals surface area contributed by atoms with Crippen LogP contribution in [-0.4, -0.2) is 59.4 Å². The first-order valence-corrected chi connectivity index (χ1v) is 15.2. The second kappa shape index (κ2) is 12.1. The summed E-state index contributed by atoms with van der Waals surface area (Å²) in [6.45, 7) is 5.33. The highest BCUT2D eigenvalue weighted by atomic mass is 35.5. The van der Waals surface area contributed by atoms with Gasteiger partial charge in [-0.15, -0.1) is 0 Å². The Morgan fingerprint density at radius 3 is 2.62 bits per heavy atom. The van der Waals surface area contributed by atoms with E-state index in [-0.39, 0.29) is 17.6 Å². The fourth-order valence-corrected chi connectivity index (χ4v) is 7.40. The van der Waals surface area contributed by atoms with Gasteiger partial charge in [0.05, 0.1) is 18.1 Å². The number of hydrogen-bond donors (Lipinski definition) is 3. The molecular weight excluding hydrogens is 520 g/mol. The van der Waals surface area contributed by atoms with Gasteiger partial charge in [-0.1, -0.05) is 61.3 Å². The number of fused-ring (bicyclic) bond motifs is 4. The lowest BCUT2D eigenvalue weighted by atomic mass is 9.80. The summed E-state index contributed by atoms with van der Waals surface area (Å²) < 4.78 is 1.90. The van der Waals surface area contributed by atoms with Crippen LogP contribution in [-0.2, 0) is 0 Å². The van der Waals surface area contributed by atoms with Gasteiger partial charge in [-0.3, -0.25) is 14.8 Å². The van der Waals surface area contributed by atoms with Gasteiger partial charge < -0.3 is 10.6 Å². The van der Waals surface area contributed by atoms with E-state index in [0.717, 1.165) is 68.4 Å². The number of hydrazine groups is 1. The van der Waals surface area contributed by atoms with Crippen LogP contribution in [0.1, 0.15) is 45.1 Å². The van der Waals surface area contributed by atoms with Crippen molar-refractivity contribution in [3.8, 4) is 22.4 Å². The highest BCUT2D eigenvalue weighted by Gasteiger charge is 2.41. The Morgan fingerprint density at radius 2 is 1.80 bits per heavy atom. The van der Waals surface area contributed by atoms with Crippen molar-refractivity contribution in [3.05, 3.63) is 76.3 Å². The molecule has 3 aliphatic heterocycles. The summed E-state index contributed by atoms with van der Waals surface area (Å²) in [5.74, 6) is 1.15. The van der Waals surface area contributed by atoms with E-state index >= 15 is 0 Å². The molecule has 3 fully saturated rings. The summed E-state index contributed by atoms with van der Waals surface area (Å²) in [6, 6.07) is 18.9. The molecule has 212 valence electrons. The van der Waals surface area contributed by atoms with Crippen molar-refractivity contribution < 1.29 is 0 Å². The molecule has 3 aromatic rings. The molecule has 0 spiro atoms. The van der Waals surface area contributed by atoms with E-state index in [1.807, 2.05) is 41.0 Å². The molecule has 2 aromatic carbocycles. The average molecular weight is 561 g/mol. The lowest BCUT2D eigenvalue weighted by Gasteiger charge is -2.42. The van der Waals surface area contributed by atoms with Crippen molar-refractivity contribution in [3.63, 3.8) is 0 Å². The van der Waals surface area contributed by atoms with E-state index in [1.54, 1.807) is 12.4 Å². The number of likely N-dealkylation sites (N-methyl/N-ethyl adjacent to an activating group) is 1. The molecule has 4 heterocycles. The quantitative estimate of drug-likeness (QED) is 0.430. The maximum absolute atomic E-state index is 13.8. The lowest BCUT2D eigenvalue weighted by molar-refractivity contribution is 0.108. The van der Waals surface area contributed by atoms with Crippen LogP contribution in [0.2, 0.25) is 5.02 Å². The Morgan fingerprint density at radius 1 is 0.950 bits per heavy atom. The molecule has 0 amide bonds. The second-order valence-corrected chi connectivity index (χ2v) is 12.4. The fraction of sp³-hybridized carbons (Fsp3) is 0.500. The van der Waals surface area contributed by atoms with Crippen LogP contribution < -0.4 is 21.6 Å². The predicted molar refractivity (Wildman–Crippen MR) is 162 cm³/mol. The topological polar surface area (TPSA) is 74.2 Å². The Labute approximate surface area is 242 Å². The molecule has 3 N–H and O–H groups in total. The molecule has 40 heavy (non-hydrogen) atoms. The van der Waals surface area contributed by atoms with E-state index in [4.69, 9.17) is 16.6 Å². The van der Waals surface area contributed by atoms with Gasteiger partial charge in [0.1, 0.15) is 0 Å². The Bertz CT molecular complexity index is 1360. The third kappa shape index (κ3) is 5.76. The summed E-state index contributed by atoms with van der Waals surface area (Å²) in [5.41, 5.74) is 7.20. The van der Waals surface area contributed by atoms with Crippen molar-refractivity contribution in [2.75, 3.05) is 26.7 Å². The number of halogens is 1. The monoisotopic (exact) mass is 560 g/mol. The summed E-state index contributed by atoms with van der Waals surface area (Å²) in [6.07, 6.45) is 7.18. The molecule has 1 aromatic heterocycles. The smallest absolute Gasteiger partial charge is 0.254 e. The molecular formula is C32H41ClN6O. The highest BCUT2D eigenvalue weighted by molar-refractivity contribution is 6.31. The highest BCUT2D eigenvalue weighted by Crippen LogP contribution is 2.35. The molecule has 0 saturated carbocycles. The van der Waals surface area contributed by atoms with Crippen LogP contribution in [0.5, 0.6) is 0 Å². The maximum atomic E-state index is 13.8. The molecule has 6 rings (SSSR count). The number of piperidine rings is 1. The molecule has 0 aliphatic carbocycles. The van der Waals surface area contributed by atoms with Crippen molar-refractivity contribution >= 4 is 11.6 Å². The van der Waals surface area contributed by atoms with Crippen molar-refractivity contribution in [2.24, 2.45) is 11.8 Å². The first-order valence-electron chi connectivity index (χ1n) is 14.8. The van der Waals surface area contributed by atoms with Crippen LogP contribution in [0.3, 0.4) is 0 Å². The van der Waals surface area contributed by atoms with E-state index in [1.165, 1.54) is 0 Å². The Hall–Kier alpha value is -2.55. The van der Waals surface area contributed by atoms with Gasteiger partial charge in [0.25, 0.3) is 5.56 Å². The molecule has 0 radical (unpaired) electrons. The van der Waals surface area contributed by atoms with Gasteiger partial charge in [0, 0.05) is 48.4 Å². The minimum absolute atomic E-state index is 0.00255. The number of nitrogens with one attached hydrogen (secondary N) is 3. The van der Waals surface area contributed by atoms with Gasteiger partial charge in [-0.05, 0) is 73.9 Å². The first-order chi connectivity index (χ1) is 19.5. The molecule has 6 atom stereocenters. The van der Waals surface area contributed by atoms with Gasteiger partial charge in [-0.25, -0.2) is 9.99 Å². The molecule has 3 aliphatic rings. The minimum atomic E-state index is -0.00255. The van der Waals surface area contributed by atoms with E-state index in [0.29, 0.717) is 34.6 Å². The zero-order valence-electron chi connectivity index (χ0n) is 23.5. The number of nitrogens with zero attached hydrogens (tertiary/aromatic N) is 3. The van der Waals surface area contributed by atoms with Crippen LogP contribution in [0.15, 0.2) is 65.7 Å². The number of rotatable bonds is 3. The predicted octanol–water partition coefficient (Wildman–Crippen LogP) is 4.74. The van der Waals surface area contributed by atoms with Crippen LogP contribution in [0, 0.1) is 11.8 Å². The van der Waals surface area contributed by atoms with Gasteiger partial charge in [0.2, 0.25) is 0 Å². The molecule has 2 bridgehead atoms. The summed E-state index contributed by atoms with van der Waals surface area (Å²) in [4.78, 5) is 18.7. The van der Waals surface area contributed by atoms with E-state index in [2.05, 4.69) is 47.2 Å². The zero-order chi connectivity index (χ0) is 27.6. The van der Waals surface area contributed by atoms with E-state index < -0.39 is 0 Å². The second-order valence-electron chi connectivity index (χ2n) is 12.0. The SMILES string of the molecule is C[C@@H]1CCC[C@H](n2cnc(-c3cc(Cl)ccc3-c3ccccc3)cc2=O)C2CC(CCN2)C2C(CNN2C)NC1. The summed E-state index contributed by atoms with van der Waals surface area (Å²) >= 11 is 6.42. The third-order valence-electron chi connectivity index (χ3n) is 9.31. The third-order valence-corrected chi connectivity index (χ3v) is 9.54. The Balaban J connectivity index is 1.33. The summed E-state index contributed by atoms with van der Waals surface area (Å²) in [5, 5.41) is 10.6. The maximum Gasteiger partial charge on any atom is 0.254 e. The van der Waals surface area contributed by atoms with Gasteiger partial charge in [0.15, 0.2) is 0 Å². The minimum Gasteiger partial charge on any atom is -0.312 e. The Kier molecular flexibility index (Phi) is 8.37. The largest absolute Gasteiger partial charge is 0.312 e. The fourth-order valence-electron chi connectivity index (χ4n) is 7.23. The lowest BCUT2D eigenvalue weighted by Crippen LogP contribution is -2.54. The normalized spacial score (nSPS) is 29.8. The number of benzene rings is 2. The standard InChI is InChI=1S/C32H41ClN6O/c1-21-7-6-10-30(28-15-23(13-14-34-28)32-29(35-18-21)19-37-38(32)2)39-20-36-27(17-31(39)40)26-16-24(33)11-12-25(26)22-8-4-3-5-9-22/h3-5,8-9,11-12,16-17,20-21,23,28-30,32,34-35,37H,6-7,10,13-15,18-19H2,1-2H3/t21-,23?,28?,29?,30+,32?/m1/s1. The molecule has 3 saturated heterocycles. The van der Waals surface area contributed by atoms with Crippen molar-refractivity contribution in [2.45, 2.75) is 63.2 Å². The summed E-state index contributed by atoms with van der Waals surface area (Å²) in [7, 11) is 2.18. The van der Waals surface area contributed by atoms with Gasteiger partial charge in [-0.2, -0.15) is 0 Å². The van der Waals surface area contributed by atoms with Gasteiger partial charge >= 0.3 is 0 Å². The van der Waals surface area contributed by atoms with Crippen molar-refractivity contribution in [1.82, 2.24) is 30.6 Å². The van der Waals surface area contributed by atoms with E-state index in [9.17, 15) is 4.79 Å². The van der Waals surface area contributed by atoms with Crippen LogP contribution in [0.25, 0.3) is 22.4 Å². The zero-order valence-corrected chi connectivity index (χ0v) is 24.3. The first kappa shape index (κ1) is 27.6. The van der Waals surface area contributed by atoms with Crippen molar-refractivity contribution in [1.29, 1.82) is 0 Å². The molecule has 8 heteroatoms. The molecule has 7 nitrogen and oxygen atoms in total. The van der Waals surface area contributed by atoms with Crippen LogP contribution in [0.4, 0.5) is 0 Å². The molecule has 4 unspecified atom stereocenters. The number of aromatic nitrogens is 2. The number of hydrogen-bond acceptors (Lipinski definition) is 6. The van der Waals surface area contributed by atoms with Crippen LogP contribution >= 0.6 is 11.6 Å².